The summed E-state index contributed by atoms with van der Waals surface area (Å²) in [6.45, 7) is 13.6. The number of aliphatic hydroxyl groups excluding tert-OH is 6. The molecule has 0 aromatic heterocycles. The van der Waals surface area contributed by atoms with Crippen molar-refractivity contribution in [3.63, 3.8) is 0 Å². The molecular weight excluding hydrogens is 700 g/mol. The van der Waals surface area contributed by atoms with Crippen LogP contribution in [-0.4, -0.2) is 124 Å². The monoisotopic (exact) mass is 766 g/mol. The summed E-state index contributed by atoms with van der Waals surface area (Å²) in [6, 6.07) is 0. The lowest BCUT2D eigenvalue weighted by Gasteiger charge is -2.71. The predicted octanol–water partition coefficient (Wildman–Crippen LogP) is 3.11. The molecule has 0 aromatic rings. The van der Waals surface area contributed by atoms with E-state index in [1.807, 2.05) is 0 Å². The Labute approximate surface area is 319 Å². The van der Waals surface area contributed by atoms with E-state index in [0.717, 1.165) is 51.4 Å². The van der Waals surface area contributed by atoms with Gasteiger partial charge in [-0.05, 0) is 104 Å². The molecule has 4 saturated carbocycles. The van der Waals surface area contributed by atoms with E-state index in [0.29, 0.717) is 18.8 Å². The topological polar surface area (TPSA) is 205 Å². The summed E-state index contributed by atoms with van der Waals surface area (Å²) in [5.41, 5.74) is -0.192. The highest BCUT2D eigenvalue weighted by atomic mass is 16.8. The lowest BCUT2D eigenvalue weighted by Crippen LogP contribution is -2.66. The molecule has 13 heteroatoms. The van der Waals surface area contributed by atoms with Gasteiger partial charge in [0, 0.05) is 12.5 Å². The third kappa shape index (κ3) is 5.92. The van der Waals surface area contributed by atoms with Crippen LogP contribution in [0.15, 0.2) is 11.6 Å². The van der Waals surface area contributed by atoms with Gasteiger partial charge in [-0.1, -0.05) is 53.2 Å². The zero-order valence-corrected chi connectivity index (χ0v) is 33.1. The summed E-state index contributed by atoms with van der Waals surface area (Å²) in [5.74, 6) is -0.171. The van der Waals surface area contributed by atoms with Crippen LogP contribution in [0.5, 0.6) is 0 Å². The molecule has 0 aromatic carbocycles. The van der Waals surface area contributed by atoms with Crippen LogP contribution in [-0.2, 0) is 28.5 Å². The molecule has 54 heavy (non-hydrogen) atoms. The average molecular weight is 767 g/mol. The van der Waals surface area contributed by atoms with E-state index in [2.05, 4.69) is 47.6 Å². The molecule has 0 radical (unpaired) electrons. The SMILES string of the molecule is CO[C@H]1O[C@@H](O[C@H]2CO[C@@H](O[C@H]3CC[C@@]4(C)[C@@H](CC[C@]5(C)[C@@H]4CC=C4[C@@H]6CC(C)(C)CC[C@]6(C(=O)O)CC[C@]45C)[C@]3(C)CO)[C@H](O)[C@H]2O)[C@H](O)[C@@H](O)[C@@H]1O. The molecule has 7 rings (SSSR count). The minimum Gasteiger partial charge on any atom is -0.481 e. The van der Waals surface area contributed by atoms with Gasteiger partial charge in [0.05, 0.1) is 24.7 Å². The second-order valence-corrected chi connectivity index (χ2v) is 19.9. The number of carboxylic acid groups (broad SMARTS) is 1. The number of hydrogen-bond acceptors (Lipinski definition) is 12. The summed E-state index contributed by atoms with van der Waals surface area (Å²) >= 11 is 0. The zero-order valence-electron chi connectivity index (χ0n) is 33.1. The molecule has 2 saturated heterocycles. The Morgan fingerprint density at radius 2 is 1.46 bits per heavy atom. The van der Waals surface area contributed by atoms with Gasteiger partial charge in [-0.2, -0.15) is 0 Å². The van der Waals surface area contributed by atoms with Gasteiger partial charge in [-0.25, -0.2) is 0 Å². The smallest absolute Gasteiger partial charge is 0.310 e. The maximum atomic E-state index is 13.0. The summed E-state index contributed by atoms with van der Waals surface area (Å²) in [5, 5.41) is 75.1. The molecule has 0 bridgehead atoms. The van der Waals surface area contributed by atoms with Crippen molar-refractivity contribution in [2.75, 3.05) is 20.3 Å². The molecule has 2 aliphatic heterocycles. The second kappa shape index (κ2) is 14.0. The number of carbonyl (C=O) groups is 1. The first-order chi connectivity index (χ1) is 25.2. The molecule has 7 N–H and O–H groups in total. The van der Waals surface area contributed by atoms with E-state index in [1.165, 1.54) is 12.7 Å². The number of allylic oxidation sites excluding steroid dienone is 2. The van der Waals surface area contributed by atoms with Crippen molar-refractivity contribution in [2.45, 2.75) is 167 Å². The third-order valence-electron chi connectivity index (χ3n) is 16.9. The predicted molar refractivity (Wildman–Crippen MR) is 193 cm³/mol. The van der Waals surface area contributed by atoms with Crippen molar-refractivity contribution in [3.05, 3.63) is 11.6 Å². The van der Waals surface area contributed by atoms with E-state index in [4.69, 9.17) is 23.7 Å². The average Bonchev–Trinajstić information content (AvgIpc) is 3.12. The van der Waals surface area contributed by atoms with Crippen molar-refractivity contribution in [1.82, 2.24) is 0 Å². The van der Waals surface area contributed by atoms with Crippen LogP contribution in [0.25, 0.3) is 0 Å². The molecular formula is C41H66O13. The number of aliphatic carboxylic acids is 1. The van der Waals surface area contributed by atoms with Gasteiger partial charge < -0.3 is 59.4 Å². The molecule has 2 heterocycles. The fraction of sp³-hybridized carbons (Fsp3) is 0.927. The number of hydrogen-bond donors (Lipinski definition) is 7. The Bertz CT molecular complexity index is 1450. The molecule has 0 spiro atoms. The number of aliphatic hydroxyl groups is 6. The number of methoxy groups -OCH3 is 1. The molecule has 13 nitrogen and oxygen atoms in total. The minimum atomic E-state index is -1.64. The van der Waals surface area contributed by atoms with E-state index >= 15 is 0 Å². The van der Waals surface area contributed by atoms with Crippen LogP contribution in [0.4, 0.5) is 0 Å². The number of carboxylic acids is 1. The molecule has 0 amide bonds. The number of fused-ring (bicyclic) bond motifs is 7. The Morgan fingerprint density at radius 1 is 0.796 bits per heavy atom. The maximum Gasteiger partial charge on any atom is 0.310 e. The van der Waals surface area contributed by atoms with E-state index < -0.39 is 78.4 Å². The fourth-order valence-electron chi connectivity index (χ4n) is 13.3. The highest BCUT2D eigenvalue weighted by Gasteiger charge is 2.70. The molecule has 7 aliphatic rings. The quantitative estimate of drug-likeness (QED) is 0.147. The first kappa shape index (κ1) is 40.9. The van der Waals surface area contributed by atoms with Crippen LogP contribution in [0.2, 0.25) is 0 Å². The van der Waals surface area contributed by atoms with Gasteiger partial charge in [-0.3, -0.25) is 4.79 Å². The number of ether oxygens (including phenoxy) is 5. The van der Waals surface area contributed by atoms with Crippen LogP contribution in [0.3, 0.4) is 0 Å². The lowest BCUT2D eigenvalue weighted by molar-refractivity contribution is -0.374. The molecule has 0 unspecified atom stereocenters. The van der Waals surface area contributed by atoms with Crippen molar-refractivity contribution in [1.29, 1.82) is 0 Å². The van der Waals surface area contributed by atoms with Crippen molar-refractivity contribution in [2.24, 2.45) is 50.2 Å². The van der Waals surface area contributed by atoms with Gasteiger partial charge in [0.1, 0.15) is 36.6 Å². The number of rotatable bonds is 7. The second-order valence-electron chi connectivity index (χ2n) is 19.9. The summed E-state index contributed by atoms with van der Waals surface area (Å²) in [7, 11) is 1.27. The standard InChI is InChI=1S/C41H66O13/c1-36(2)14-16-41(35(48)49)17-15-39(5)21(22(41)18-36)8-9-25-37(3)12-11-26(38(4,20-42)24(37)10-13-40(25,39)6)53-33-29(45)27(43)23(19-51-33)52-34-31(47)28(44)30(46)32(50-7)54-34/h8,22-34,42-47H,9-20H2,1-7H3,(H,48,49)/t22-,23-,24+,25+,26-,27-,28-,29+,30-,31+,32-,33-,34+,37-,38-,39+,40+,41-/m0/s1. The van der Waals surface area contributed by atoms with Crippen LogP contribution in [0.1, 0.15) is 106 Å². The van der Waals surface area contributed by atoms with Crippen LogP contribution < -0.4 is 0 Å². The van der Waals surface area contributed by atoms with E-state index in [9.17, 15) is 40.5 Å². The first-order valence-electron chi connectivity index (χ1n) is 20.3. The normalized spacial score (nSPS) is 54.3. The van der Waals surface area contributed by atoms with Crippen molar-refractivity contribution < 1.29 is 64.2 Å². The molecule has 5 aliphatic carbocycles. The Hall–Kier alpha value is -1.23. The molecule has 18 atom stereocenters. The van der Waals surface area contributed by atoms with Gasteiger partial charge in [-0.15, -0.1) is 0 Å². The third-order valence-corrected chi connectivity index (χ3v) is 16.9. The fourth-order valence-corrected chi connectivity index (χ4v) is 13.3. The Kier molecular flexibility index (Phi) is 10.6. The van der Waals surface area contributed by atoms with E-state index in [1.54, 1.807) is 0 Å². The lowest BCUT2D eigenvalue weighted by atomic mass is 9.33. The van der Waals surface area contributed by atoms with Gasteiger partial charge >= 0.3 is 5.97 Å². The van der Waals surface area contributed by atoms with Crippen molar-refractivity contribution in [3.8, 4) is 0 Å². The zero-order chi connectivity index (χ0) is 39.4. The Balaban J connectivity index is 1.08. The first-order valence-corrected chi connectivity index (χ1v) is 20.3. The van der Waals surface area contributed by atoms with E-state index in [-0.39, 0.29) is 46.7 Å². The van der Waals surface area contributed by atoms with Crippen molar-refractivity contribution >= 4 is 5.97 Å². The molecule has 308 valence electrons. The highest BCUT2D eigenvalue weighted by Crippen LogP contribution is 2.76. The van der Waals surface area contributed by atoms with Gasteiger partial charge in [0.25, 0.3) is 0 Å². The largest absolute Gasteiger partial charge is 0.481 e. The maximum absolute atomic E-state index is 13.0. The minimum absolute atomic E-state index is 0.0388. The molecule has 6 fully saturated rings. The summed E-state index contributed by atoms with van der Waals surface area (Å²) < 4.78 is 28.7. The highest BCUT2D eigenvalue weighted by molar-refractivity contribution is 5.76. The van der Waals surface area contributed by atoms with Crippen LogP contribution in [0, 0.1) is 50.2 Å². The van der Waals surface area contributed by atoms with Gasteiger partial charge in [0.2, 0.25) is 0 Å². The summed E-state index contributed by atoms with van der Waals surface area (Å²) in [6.07, 6.45) is -2.63. The van der Waals surface area contributed by atoms with Crippen LogP contribution >= 0.6 is 0 Å². The Morgan fingerprint density at radius 3 is 2.13 bits per heavy atom. The van der Waals surface area contributed by atoms with Gasteiger partial charge in [0.15, 0.2) is 18.9 Å². The summed E-state index contributed by atoms with van der Waals surface area (Å²) in [4.78, 5) is 13.0.